The highest BCUT2D eigenvalue weighted by Crippen LogP contribution is 2.42. The lowest BCUT2D eigenvalue weighted by Gasteiger charge is -2.28. The molecule has 2 aromatic carbocycles. The SMILES string of the molecule is CC(C)(C)c1ccc([C@@H]2C[C@H]3C=C(c4[nH]nc(-c5ccc(F)c(F)c5)c4-c4ccncc4)CCN3C2)cc1. The van der Waals surface area contributed by atoms with Gasteiger partial charge < -0.3 is 0 Å². The molecule has 0 radical (unpaired) electrons. The fourth-order valence-electron chi connectivity index (χ4n) is 5.88. The smallest absolute Gasteiger partial charge is 0.159 e. The van der Waals surface area contributed by atoms with Crippen LogP contribution in [0.3, 0.4) is 0 Å². The Hall–Kier alpha value is -3.64. The number of benzene rings is 2. The van der Waals surface area contributed by atoms with Crippen molar-refractivity contribution in [2.75, 3.05) is 13.1 Å². The van der Waals surface area contributed by atoms with Crippen LogP contribution in [0.15, 0.2) is 73.1 Å². The zero-order valence-electron chi connectivity index (χ0n) is 22.0. The maximum Gasteiger partial charge on any atom is 0.159 e. The van der Waals surface area contributed by atoms with Gasteiger partial charge in [0, 0.05) is 42.7 Å². The standard InChI is InChI=1S/C32H32F2N4/c1-32(2,3)25-7-4-20(5-8-25)24-17-26-16-23(12-15-38(26)19-24)31-29(21-10-13-35-14-11-21)30(36-37-31)22-6-9-27(33)28(34)18-22/h4-11,13-14,16,18,24,26H,12,15,17,19H2,1-3H3,(H,36,37)/t24-,26-/m1/s1. The minimum absolute atomic E-state index is 0.151. The summed E-state index contributed by atoms with van der Waals surface area (Å²) in [6, 6.07) is 17.3. The van der Waals surface area contributed by atoms with Crippen LogP contribution in [0.2, 0.25) is 0 Å². The lowest BCUT2D eigenvalue weighted by atomic mass is 9.85. The molecule has 0 amide bonds. The maximum atomic E-state index is 14.1. The molecule has 4 nitrogen and oxygen atoms in total. The summed E-state index contributed by atoms with van der Waals surface area (Å²) in [6.07, 6.45) is 7.83. The number of aromatic nitrogens is 3. The zero-order chi connectivity index (χ0) is 26.4. The van der Waals surface area contributed by atoms with Crippen molar-refractivity contribution < 1.29 is 8.78 Å². The molecular formula is C32H32F2N4. The van der Waals surface area contributed by atoms with Gasteiger partial charge in [0.15, 0.2) is 11.6 Å². The van der Waals surface area contributed by atoms with Crippen LogP contribution >= 0.6 is 0 Å². The van der Waals surface area contributed by atoms with Gasteiger partial charge in [-0.05, 0) is 76.8 Å². The minimum Gasteiger partial charge on any atom is -0.296 e. The molecule has 2 atom stereocenters. The van der Waals surface area contributed by atoms with E-state index >= 15 is 0 Å². The number of rotatable bonds is 4. The largest absolute Gasteiger partial charge is 0.296 e. The van der Waals surface area contributed by atoms with Gasteiger partial charge in [-0.2, -0.15) is 5.10 Å². The summed E-state index contributed by atoms with van der Waals surface area (Å²) in [5, 5.41) is 7.84. The van der Waals surface area contributed by atoms with Crippen molar-refractivity contribution in [3.63, 3.8) is 0 Å². The summed E-state index contributed by atoms with van der Waals surface area (Å²) in [7, 11) is 0. The summed E-state index contributed by atoms with van der Waals surface area (Å²) >= 11 is 0. The minimum atomic E-state index is -0.882. The molecule has 38 heavy (non-hydrogen) atoms. The van der Waals surface area contributed by atoms with Gasteiger partial charge in [-0.1, -0.05) is 51.1 Å². The van der Waals surface area contributed by atoms with Crippen molar-refractivity contribution in [3.8, 4) is 22.4 Å². The molecule has 0 bridgehead atoms. The van der Waals surface area contributed by atoms with E-state index in [1.54, 1.807) is 18.5 Å². The van der Waals surface area contributed by atoms with E-state index in [9.17, 15) is 8.78 Å². The summed E-state index contributed by atoms with van der Waals surface area (Å²) in [6.45, 7) is 8.78. The first-order valence-corrected chi connectivity index (χ1v) is 13.3. The van der Waals surface area contributed by atoms with Crippen molar-refractivity contribution in [1.82, 2.24) is 20.1 Å². The van der Waals surface area contributed by atoms with Gasteiger partial charge in [0.1, 0.15) is 5.69 Å². The normalized spacial score (nSPS) is 19.9. The maximum absolute atomic E-state index is 14.1. The highest BCUT2D eigenvalue weighted by atomic mass is 19.2. The van der Waals surface area contributed by atoms with Gasteiger partial charge in [-0.15, -0.1) is 0 Å². The lowest BCUT2D eigenvalue weighted by molar-refractivity contribution is 0.285. The van der Waals surface area contributed by atoms with Crippen LogP contribution in [0.1, 0.15) is 56.4 Å². The Balaban J connectivity index is 1.33. The van der Waals surface area contributed by atoms with Gasteiger partial charge in [0.2, 0.25) is 0 Å². The van der Waals surface area contributed by atoms with E-state index < -0.39 is 11.6 Å². The van der Waals surface area contributed by atoms with Crippen molar-refractivity contribution in [1.29, 1.82) is 0 Å². The van der Waals surface area contributed by atoms with E-state index in [0.29, 0.717) is 23.2 Å². The van der Waals surface area contributed by atoms with Gasteiger partial charge in [0.25, 0.3) is 0 Å². The number of nitrogens with zero attached hydrogens (tertiary/aromatic N) is 3. The molecule has 194 valence electrons. The average molecular weight is 511 g/mol. The van der Waals surface area contributed by atoms with E-state index in [0.717, 1.165) is 48.8 Å². The molecule has 0 aliphatic carbocycles. The van der Waals surface area contributed by atoms with Gasteiger partial charge in [-0.3, -0.25) is 15.0 Å². The second-order valence-electron chi connectivity index (χ2n) is 11.5. The second-order valence-corrected chi connectivity index (χ2v) is 11.5. The Bertz CT molecular complexity index is 1480. The molecule has 2 aliphatic heterocycles. The van der Waals surface area contributed by atoms with Crippen LogP contribution in [-0.2, 0) is 5.41 Å². The van der Waals surface area contributed by atoms with Gasteiger partial charge in [0.05, 0.1) is 5.69 Å². The summed E-state index contributed by atoms with van der Waals surface area (Å²) in [4.78, 5) is 6.74. The molecule has 0 saturated carbocycles. The molecule has 6 rings (SSSR count). The summed E-state index contributed by atoms with van der Waals surface area (Å²) in [5.41, 5.74) is 8.05. The Morgan fingerprint density at radius 2 is 1.68 bits per heavy atom. The average Bonchev–Trinajstić information content (AvgIpc) is 3.55. The van der Waals surface area contributed by atoms with Crippen LogP contribution < -0.4 is 0 Å². The zero-order valence-corrected chi connectivity index (χ0v) is 22.0. The number of hydrogen-bond acceptors (Lipinski definition) is 3. The third kappa shape index (κ3) is 4.58. The number of hydrogen-bond donors (Lipinski definition) is 1. The highest BCUT2D eigenvalue weighted by Gasteiger charge is 2.35. The first-order chi connectivity index (χ1) is 18.3. The number of halogens is 2. The Kier molecular flexibility index (Phi) is 6.23. The number of aromatic amines is 1. The highest BCUT2D eigenvalue weighted by molar-refractivity contribution is 5.89. The fraction of sp³-hybridized carbons (Fsp3) is 0.312. The van der Waals surface area contributed by atoms with Crippen molar-refractivity contribution >= 4 is 5.57 Å². The number of nitrogens with one attached hydrogen (secondary N) is 1. The predicted molar refractivity (Wildman–Crippen MR) is 148 cm³/mol. The van der Waals surface area contributed by atoms with E-state index in [1.807, 2.05) is 12.1 Å². The molecule has 4 aromatic rings. The number of H-pyrrole nitrogens is 1. The number of pyridine rings is 1. The molecule has 6 heteroatoms. The van der Waals surface area contributed by atoms with E-state index in [2.05, 4.69) is 71.2 Å². The van der Waals surface area contributed by atoms with Crippen LogP contribution in [0, 0.1) is 11.6 Å². The molecule has 0 spiro atoms. The van der Waals surface area contributed by atoms with Crippen molar-refractivity contribution in [3.05, 3.63) is 102 Å². The molecule has 1 N–H and O–H groups in total. The van der Waals surface area contributed by atoms with Crippen LogP contribution in [0.25, 0.3) is 28.0 Å². The van der Waals surface area contributed by atoms with Crippen LogP contribution in [0.4, 0.5) is 8.78 Å². The van der Waals surface area contributed by atoms with E-state index in [-0.39, 0.29) is 5.41 Å². The topological polar surface area (TPSA) is 44.8 Å². The first-order valence-electron chi connectivity index (χ1n) is 13.3. The molecule has 0 unspecified atom stereocenters. The van der Waals surface area contributed by atoms with Crippen molar-refractivity contribution in [2.45, 2.75) is 51.0 Å². The van der Waals surface area contributed by atoms with Crippen molar-refractivity contribution in [2.24, 2.45) is 0 Å². The molecule has 2 aromatic heterocycles. The molecule has 1 saturated heterocycles. The van der Waals surface area contributed by atoms with Gasteiger partial charge in [-0.25, -0.2) is 8.78 Å². The summed E-state index contributed by atoms with van der Waals surface area (Å²) in [5.74, 6) is -1.24. The Morgan fingerprint density at radius 3 is 2.39 bits per heavy atom. The number of fused-ring (bicyclic) bond motifs is 1. The first kappa shape index (κ1) is 24.7. The Morgan fingerprint density at radius 1 is 0.921 bits per heavy atom. The van der Waals surface area contributed by atoms with Crippen LogP contribution in [0.5, 0.6) is 0 Å². The Labute approximate surface area is 222 Å². The lowest BCUT2D eigenvalue weighted by Crippen LogP contribution is -2.32. The van der Waals surface area contributed by atoms with Gasteiger partial charge >= 0.3 is 0 Å². The predicted octanol–water partition coefficient (Wildman–Crippen LogP) is 7.36. The van der Waals surface area contributed by atoms with Crippen LogP contribution in [-0.4, -0.2) is 39.2 Å². The third-order valence-corrected chi connectivity index (χ3v) is 8.01. The monoisotopic (exact) mass is 510 g/mol. The molecule has 4 heterocycles. The summed E-state index contributed by atoms with van der Waals surface area (Å²) < 4.78 is 27.8. The fourth-order valence-corrected chi connectivity index (χ4v) is 5.88. The van der Waals surface area contributed by atoms with E-state index in [4.69, 9.17) is 0 Å². The third-order valence-electron chi connectivity index (χ3n) is 8.01. The molecule has 2 aliphatic rings. The molecular weight excluding hydrogens is 478 g/mol. The molecule has 1 fully saturated rings. The quantitative estimate of drug-likeness (QED) is 0.312. The second kappa shape index (κ2) is 9.59. The van der Waals surface area contributed by atoms with E-state index in [1.165, 1.54) is 22.8 Å².